The van der Waals surface area contributed by atoms with E-state index < -0.39 is 18.1 Å². The molecule has 1 rings (SSSR count). The molecule has 1 fully saturated rings. The van der Waals surface area contributed by atoms with E-state index in [1.807, 2.05) is 0 Å². The molecule has 5 heteroatoms. The van der Waals surface area contributed by atoms with Gasteiger partial charge in [-0.05, 0) is 26.2 Å². The third-order valence-corrected chi connectivity index (χ3v) is 2.58. The second kappa shape index (κ2) is 5.11. The van der Waals surface area contributed by atoms with Crippen LogP contribution in [-0.2, 0) is 9.59 Å². The van der Waals surface area contributed by atoms with E-state index in [4.69, 9.17) is 10.2 Å². The summed E-state index contributed by atoms with van der Waals surface area (Å²) in [5.41, 5.74) is 0. The molecule has 2 N–H and O–H groups in total. The van der Waals surface area contributed by atoms with Gasteiger partial charge in [0.15, 0.2) is 0 Å². The Labute approximate surface area is 88.7 Å². The molecule has 0 aliphatic carbocycles. The molecule has 0 aromatic rings. The first kappa shape index (κ1) is 12.0. The minimum atomic E-state index is -0.950. The monoisotopic (exact) mass is 215 g/mol. The molecular weight excluding hydrogens is 198 g/mol. The van der Waals surface area contributed by atoms with E-state index in [0.29, 0.717) is 13.0 Å². The molecule has 0 spiro atoms. The lowest BCUT2D eigenvalue weighted by atomic mass is 10.0. The highest BCUT2D eigenvalue weighted by Crippen LogP contribution is 2.18. The topological polar surface area (TPSA) is 77.8 Å². The van der Waals surface area contributed by atoms with Crippen LogP contribution in [0, 0.1) is 0 Å². The summed E-state index contributed by atoms with van der Waals surface area (Å²) in [4.78, 5) is 23.9. The molecule has 86 valence electrons. The lowest BCUT2D eigenvalue weighted by Gasteiger charge is -2.33. The Kier molecular flexibility index (Phi) is 4.08. The van der Waals surface area contributed by atoms with Crippen LogP contribution in [0.25, 0.3) is 0 Å². The third-order valence-electron chi connectivity index (χ3n) is 2.58. The summed E-state index contributed by atoms with van der Waals surface area (Å²) in [7, 11) is 0. The Morgan fingerprint density at radius 3 is 2.67 bits per heavy atom. The van der Waals surface area contributed by atoms with Gasteiger partial charge in [-0.2, -0.15) is 0 Å². The highest BCUT2D eigenvalue weighted by molar-refractivity contribution is 5.84. The van der Waals surface area contributed by atoms with Crippen LogP contribution in [0.3, 0.4) is 0 Å². The maximum atomic E-state index is 11.6. The Bertz CT molecular complexity index is 252. The van der Waals surface area contributed by atoms with Crippen LogP contribution >= 0.6 is 0 Å². The van der Waals surface area contributed by atoms with Crippen molar-refractivity contribution in [3.63, 3.8) is 0 Å². The van der Waals surface area contributed by atoms with Gasteiger partial charge in [0.25, 0.3) is 0 Å². The smallest absolute Gasteiger partial charge is 0.326 e. The number of carbonyl (C=O) groups excluding carboxylic acids is 1. The van der Waals surface area contributed by atoms with E-state index in [2.05, 4.69) is 0 Å². The zero-order valence-electron chi connectivity index (χ0n) is 8.85. The van der Waals surface area contributed by atoms with Crippen LogP contribution in [0.5, 0.6) is 0 Å². The molecule has 15 heavy (non-hydrogen) atoms. The van der Waals surface area contributed by atoms with Gasteiger partial charge in [-0.25, -0.2) is 4.79 Å². The Balaban J connectivity index is 2.63. The van der Waals surface area contributed by atoms with Gasteiger partial charge in [0.2, 0.25) is 5.91 Å². The minimum Gasteiger partial charge on any atom is -0.480 e. The van der Waals surface area contributed by atoms with E-state index in [1.165, 1.54) is 11.8 Å². The Morgan fingerprint density at radius 1 is 1.47 bits per heavy atom. The number of hydrogen-bond acceptors (Lipinski definition) is 3. The molecule has 0 radical (unpaired) electrons. The molecule has 2 unspecified atom stereocenters. The largest absolute Gasteiger partial charge is 0.480 e. The quantitative estimate of drug-likeness (QED) is 0.706. The third kappa shape index (κ3) is 3.20. The summed E-state index contributed by atoms with van der Waals surface area (Å²) in [5.74, 6) is -1.22. The Hall–Kier alpha value is -1.10. The minimum absolute atomic E-state index is 0.00375. The van der Waals surface area contributed by atoms with Crippen LogP contribution in [0.15, 0.2) is 0 Å². The van der Waals surface area contributed by atoms with Crippen molar-refractivity contribution in [2.75, 3.05) is 6.54 Å². The van der Waals surface area contributed by atoms with Crippen LogP contribution in [0.4, 0.5) is 0 Å². The first-order valence-electron chi connectivity index (χ1n) is 5.22. The standard InChI is InChI=1S/C10H17NO4/c1-7(12)6-9(13)11-5-3-2-4-8(11)10(14)15/h7-8,12H,2-6H2,1H3,(H,14,15). The maximum absolute atomic E-state index is 11.6. The second-order valence-electron chi connectivity index (χ2n) is 3.99. The first-order chi connectivity index (χ1) is 7.02. The summed E-state index contributed by atoms with van der Waals surface area (Å²) in [5, 5.41) is 18.0. The zero-order valence-corrected chi connectivity index (χ0v) is 8.85. The van der Waals surface area contributed by atoms with E-state index >= 15 is 0 Å². The van der Waals surface area contributed by atoms with Gasteiger partial charge in [0.1, 0.15) is 6.04 Å². The predicted molar refractivity (Wildman–Crippen MR) is 53.3 cm³/mol. The van der Waals surface area contributed by atoms with Gasteiger partial charge >= 0.3 is 5.97 Å². The summed E-state index contributed by atoms with van der Waals surface area (Å²) in [6, 6.07) is -0.704. The number of rotatable bonds is 3. The fraction of sp³-hybridized carbons (Fsp3) is 0.800. The molecule has 0 aromatic heterocycles. The molecule has 1 amide bonds. The van der Waals surface area contributed by atoms with Gasteiger partial charge in [0, 0.05) is 6.54 Å². The van der Waals surface area contributed by atoms with Crippen molar-refractivity contribution in [1.29, 1.82) is 0 Å². The number of aliphatic carboxylic acids is 1. The molecular formula is C10H17NO4. The molecule has 1 aliphatic heterocycles. The van der Waals surface area contributed by atoms with E-state index in [1.54, 1.807) is 0 Å². The van der Waals surface area contributed by atoms with Crippen LogP contribution in [-0.4, -0.2) is 45.7 Å². The number of carbonyl (C=O) groups is 2. The summed E-state index contributed by atoms with van der Waals surface area (Å²) >= 11 is 0. The Morgan fingerprint density at radius 2 is 2.13 bits per heavy atom. The highest BCUT2D eigenvalue weighted by atomic mass is 16.4. The second-order valence-corrected chi connectivity index (χ2v) is 3.99. The van der Waals surface area contributed by atoms with Crippen LogP contribution in [0.1, 0.15) is 32.6 Å². The van der Waals surface area contributed by atoms with Crippen molar-refractivity contribution >= 4 is 11.9 Å². The number of piperidine rings is 1. The van der Waals surface area contributed by atoms with Crippen molar-refractivity contribution < 1.29 is 19.8 Å². The van der Waals surface area contributed by atoms with Gasteiger partial charge in [-0.1, -0.05) is 0 Å². The predicted octanol–water partition coefficient (Wildman–Crippen LogP) is 0.223. The van der Waals surface area contributed by atoms with Crippen molar-refractivity contribution in [2.45, 2.75) is 44.8 Å². The summed E-state index contributed by atoms with van der Waals surface area (Å²) in [6.07, 6.45) is 1.49. The zero-order chi connectivity index (χ0) is 11.4. The summed E-state index contributed by atoms with van der Waals surface area (Å²) < 4.78 is 0. The number of likely N-dealkylation sites (tertiary alicyclic amines) is 1. The fourth-order valence-electron chi connectivity index (χ4n) is 1.86. The fourth-order valence-corrected chi connectivity index (χ4v) is 1.86. The van der Waals surface area contributed by atoms with Gasteiger partial charge in [-0.15, -0.1) is 0 Å². The first-order valence-corrected chi connectivity index (χ1v) is 5.22. The molecule has 1 aliphatic rings. The number of carboxylic acids is 1. The van der Waals surface area contributed by atoms with E-state index in [0.717, 1.165) is 12.8 Å². The highest BCUT2D eigenvalue weighted by Gasteiger charge is 2.31. The van der Waals surface area contributed by atoms with Gasteiger partial charge in [0.05, 0.1) is 12.5 Å². The number of carboxylic acid groups (broad SMARTS) is 1. The number of aliphatic hydroxyl groups is 1. The maximum Gasteiger partial charge on any atom is 0.326 e. The molecule has 2 atom stereocenters. The number of hydrogen-bond donors (Lipinski definition) is 2. The van der Waals surface area contributed by atoms with Crippen molar-refractivity contribution in [3.8, 4) is 0 Å². The molecule has 1 saturated heterocycles. The SMILES string of the molecule is CC(O)CC(=O)N1CCCCC1C(=O)O. The molecule has 0 bridgehead atoms. The lowest BCUT2D eigenvalue weighted by molar-refractivity contribution is -0.152. The molecule has 0 aromatic carbocycles. The average molecular weight is 215 g/mol. The number of amides is 1. The average Bonchev–Trinajstić information content (AvgIpc) is 2.16. The number of aliphatic hydroxyl groups excluding tert-OH is 1. The lowest BCUT2D eigenvalue weighted by Crippen LogP contribution is -2.48. The molecule has 5 nitrogen and oxygen atoms in total. The van der Waals surface area contributed by atoms with Crippen LogP contribution < -0.4 is 0 Å². The summed E-state index contributed by atoms with van der Waals surface area (Å²) in [6.45, 7) is 2.01. The van der Waals surface area contributed by atoms with Crippen molar-refractivity contribution in [1.82, 2.24) is 4.90 Å². The molecule has 0 saturated carbocycles. The van der Waals surface area contributed by atoms with Gasteiger partial charge < -0.3 is 15.1 Å². The van der Waals surface area contributed by atoms with E-state index in [9.17, 15) is 9.59 Å². The normalized spacial score (nSPS) is 23.6. The van der Waals surface area contributed by atoms with E-state index in [-0.39, 0.29) is 12.3 Å². The van der Waals surface area contributed by atoms with Crippen LogP contribution in [0.2, 0.25) is 0 Å². The van der Waals surface area contributed by atoms with Gasteiger partial charge in [-0.3, -0.25) is 4.79 Å². The van der Waals surface area contributed by atoms with Crippen molar-refractivity contribution in [2.24, 2.45) is 0 Å². The molecule has 1 heterocycles. The van der Waals surface area contributed by atoms with Crippen molar-refractivity contribution in [3.05, 3.63) is 0 Å². The number of nitrogens with zero attached hydrogens (tertiary/aromatic N) is 1.